The number of aromatic nitrogens is 1. The van der Waals surface area contributed by atoms with E-state index in [0.29, 0.717) is 12.1 Å². The summed E-state index contributed by atoms with van der Waals surface area (Å²) in [5.41, 5.74) is 2.98. The van der Waals surface area contributed by atoms with Crippen molar-refractivity contribution in [1.82, 2.24) is 9.88 Å². The zero-order chi connectivity index (χ0) is 28.6. The SMILES string of the molecule is CC(C)c1ccc(N2C(=O)CC(N(CCc3c[nH]c4ccccc34)C(=O)c3ccc(Cl)c([N+](=O)[O-])c3)C2=O)cc1. The summed E-state index contributed by atoms with van der Waals surface area (Å²) in [4.78, 5) is 57.1. The molecule has 1 aliphatic heterocycles. The Morgan fingerprint density at radius 2 is 1.85 bits per heavy atom. The molecule has 2 heterocycles. The molecule has 9 nitrogen and oxygen atoms in total. The summed E-state index contributed by atoms with van der Waals surface area (Å²) in [7, 11) is 0. The predicted molar refractivity (Wildman–Crippen MR) is 153 cm³/mol. The molecule has 1 atom stereocenters. The van der Waals surface area contributed by atoms with Crippen LogP contribution in [0.4, 0.5) is 11.4 Å². The van der Waals surface area contributed by atoms with Crippen molar-refractivity contribution in [2.75, 3.05) is 11.4 Å². The molecule has 1 fully saturated rings. The van der Waals surface area contributed by atoms with E-state index >= 15 is 0 Å². The Labute approximate surface area is 235 Å². The zero-order valence-electron chi connectivity index (χ0n) is 22.0. The lowest BCUT2D eigenvalue weighted by molar-refractivity contribution is -0.384. The number of H-pyrrole nitrogens is 1. The number of benzene rings is 3. The molecule has 0 spiro atoms. The van der Waals surface area contributed by atoms with E-state index in [1.807, 2.05) is 42.6 Å². The summed E-state index contributed by atoms with van der Waals surface area (Å²) in [6, 6.07) is 17.7. The second kappa shape index (κ2) is 10.9. The summed E-state index contributed by atoms with van der Waals surface area (Å²) < 4.78 is 0. The number of hydrogen-bond acceptors (Lipinski definition) is 5. The quantitative estimate of drug-likeness (QED) is 0.165. The number of nitrogens with zero attached hydrogens (tertiary/aromatic N) is 3. The molecule has 1 N–H and O–H groups in total. The Hall–Kier alpha value is -4.50. The summed E-state index contributed by atoms with van der Waals surface area (Å²) in [6.07, 6.45) is 2.05. The number of rotatable bonds is 8. The Bertz CT molecular complexity index is 1630. The number of para-hydroxylation sites is 1. The van der Waals surface area contributed by atoms with Gasteiger partial charge < -0.3 is 9.88 Å². The number of carbonyl (C=O) groups excluding carboxylic acids is 3. The molecule has 0 bridgehead atoms. The number of halogens is 1. The Morgan fingerprint density at radius 1 is 1.12 bits per heavy atom. The van der Waals surface area contributed by atoms with Gasteiger partial charge in [0, 0.05) is 35.3 Å². The molecule has 5 rings (SSSR count). The lowest BCUT2D eigenvalue weighted by atomic mass is 10.0. The third kappa shape index (κ3) is 5.08. The largest absolute Gasteiger partial charge is 0.361 e. The smallest absolute Gasteiger partial charge is 0.288 e. The van der Waals surface area contributed by atoms with Crippen LogP contribution in [-0.4, -0.2) is 45.1 Å². The van der Waals surface area contributed by atoms with Crippen LogP contribution in [0.15, 0.2) is 72.9 Å². The predicted octanol–water partition coefficient (Wildman–Crippen LogP) is 5.87. The van der Waals surface area contributed by atoms with Crippen LogP contribution in [0.1, 0.15) is 47.7 Å². The molecule has 204 valence electrons. The minimum atomic E-state index is -1.07. The minimum absolute atomic E-state index is 0.00927. The molecule has 0 aliphatic carbocycles. The van der Waals surface area contributed by atoms with Gasteiger partial charge in [-0.3, -0.25) is 24.5 Å². The van der Waals surface area contributed by atoms with Gasteiger partial charge in [-0.15, -0.1) is 0 Å². The van der Waals surface area contributed by atoms with E-state index in [-0.39, 0.29) is 29.5 Å². The Kier molecular flexibility index (Phi) is 7.40. The van der Waals surface area contributed by atoms with Crippen molar-refractivity contribution in [3.63, 3.8) is 0 Å². The van der Waals surface area contributed by atoms with Gasteiger partial charge in [-0.1, -0.05) is 55.8 Å². The van der Waals surface area contributed by atoms with Crippen molar-refractivity contribution >= 4 is 51.6 Å². The molecule has 0 radical (unpaired) electrons. The highest BCUT2D eigenvalue weighted by Gasteiger charge is 2.44. The average Bonchev–Trinajstić information content (AvgIpc) is 3.48. The highest BCUT2D eigenvalue weighted by atomic mass is 35.5. The topological polar surface area (TPSA) is 117 Å². The number of fused-ring (bicyclic) bond motifs is 1. The maximum atomic E-state index is 13.8. The fourth-order valence-electron chi connectivity index (χ4n) is 5.07. The van der Waals surface area contributed by atoms with E-state index in [1.54, 1.807) is 12.1 Å². The lowest BCUT2D eigenvalue weighted by Gasteiger charge is -2.28. The van der Waals surface area contributed by atoms with Gasteiger partial charge in [-0.2, -0.15) is 0 Å². The summed E-state index contributed by atoms with van der Waals surface area (Å²) in [5, 5.41) is 12.4. The van der Waals surface area contributed by atoms with Gasteiger partial charge in [0.15, 0.2) is 0 Å². The van der Waals surface area contributed by atoms with Gasteiger partial charge in [-0.25, -0.2) is 4.90 Å². The molecule has 1 aromatic heterocycles. The summed E-state index contributed by atoms with van der Waals surface area (Å²) in [5.74, 6) is -1.24. The van der Waals surface area contributed by atoms with E-state index in [0.717, 1.165) is 33.0 Å². The first-order valence-corrected chi connectivity index (χ1v) is 13.3. The Balaban J connectivity index is 1.48. The van der Waals surface area contributed by atoms with Crippen LogP contribution in [0.3, 0.4) is 0 Å². The van der Waals surface area contributed by atoms with Gasteiger partial charge in [0.25, 0.3) is 17.5 Å². The van der Waals surface area contributed by atoms with Crippen molar-refractivity contribution in [3.8, 4) is 0 Å². The van der Waals surface area contributed by atoms with E-state index < -0.39 is 34.4 Å². The summed E-state index contributed by atoms with van der Waals surface area (Å²) >= 11 is 5.97. The highest BCUT2D eigenvalue weighted by Crippen LogP contribution is 2.31. The first-order valence-electron chi connectivity index (χ1n) is 12.9. The second-order valence-electron chi connectivity index (χ2n) is 10.1. The number of nitro benzene ring substituents is 1. The molecular weight excluding hydrogens is 532 g/mol. The molecular formula is C30H27ClN4O5. The maximum absolute atomic E-state index is 13.8. The van der Waals surface area contributed by atoms with E-state index in [1.165, 1.54) is 17.0 Å². The van der Waals surface area contributed by atoms with Crippen LogP contribution in [0.5, 0.6) is 0 Å². The Morgan fingerprint density at radius 3 is 2.55 bits per heavy atom. The second-order valence-corrected chi connectivity index (χ2v) is 10.5. The average molecular weight is 559 g/mol. The number of carbonyl (C=O) groups is 3. The normalized spacial score (nSPS) is 15.3. The third-order valence-electron chi connectivity index (χ3n) is 7.26. The van der Waals surface area contributed by atoms with Gasteiger partial charge in [-0.05, 0) is 53.8 Å². The highest BCUT2D eigenvalue weighted by molar-refractivity contribution is 6.32. The zero-order valence-corrected chi connectivity index (χ0v) is 22.7. The molecule has 10 heteroatoms. The number of anilines is 1. The number of nitrogens with one attached hydrogen (secondary N) is 1. The van der Waals surface area contributed by atoms with E-state index in [4.69, 9.17) is 11.6 Å². The van der Waals surface area contributed by atoms with Crippen LogP contribution < -0.4 is 4.90 Å². The van der Waals surface area contributed by atoms with E-state index in [2.05, 4.69) is 18.8 Å². The van der Waals surface area contributed by atoms with Crippen LogP contribution in [0, 0.1) is 10.1 Å². The van der Waals surface area contributed by atoms with Crippen LogP contribution in [0.2, 0.25) is 5.02 Å². The van der Waals surface area contributed by atoms with Gasteiger partial charge >= 0.3 is 0 Å². The maximum Gasteiger partial charge on any atom is 0.288 e. The van der Waals surface area contributed by atoms with Crippen molar-refractivity contribution in [1.29, 1.82) is 0 Å². The van der Waals surface area contributed by atoms with Gasteiger partial charge in [0.2, 0.25) is 5.91 Å². The van der Waals surface area contributed by atoms with Gasteiger partial charge in [0.1, 0.15) is 11.1 Å². The van der Waals surface area contributed by atoms with Crippen molar-refractivity contribution < 1.29 is 19.3 Å². The fourth-order valence-corrected chi connectivity index (χ4v) is 5.26. The minimum Gasteiger partial charge on any atom is -0.361 e. The molecule has 40 heavy (non-hydrogen) atoms. The molecule has 3 amide bonds. The van der Waals surface area contributed by atoms with Crippen LogP contribution >= 0.6 is 11.6 Å². The number of amides is 3. The number of nitro groups is 1. The third-order valence-corrected chi connectivity index (χ3v) is 7.58. The fraction of sp³-hybridized carbons (Fsp3) is 0.233. The van der Waals surface area contributed by atoms with Crippen molar-refractivity contribution in [2.24, 2.45) is 0 Å². The summed E-state index contributed by atoms with van der Waals surface area (Å²) in [6.45, 7) is 4.21. The molecule has 4 aromatic rings. The molecule has 1 aliphatic rings. The standard InChI is InChI=1S/C30H27ClN4O5/c1-18(2)19-7-10-22(11-8-19)34-28(36)16-27(30(34)38)33(14-13-21-17-32-25-6-4-3-5-23(21)25)29(37)20-9-12-24(31)26(15-20)35(39)40/h3-12,15,17-18,27,32H,13-14,16H2,1-2H3. The lowest BCUT2D eigenvalue weighted by Crippen LogP contribution is -2.46. The van der Waals surface area contributed by atoms with E-state index in [9.17, 15) is 24.5 Å². The number of aromatic amines is 1. The van der Waals surface area contributed by atoms with Gasteiger partial charge in [0.05, 0.1) is 17.0 Å². The first-order chi connectivity index (χ1) is 19.2. The van der Waals surface area contributed by atoms with Crippen LogP contribution in [-0.2, 0) is 16.0 Å². The van der Waals surface area contributed by atoms with Crippen LogP contribution in [0.25, 0.3) is 10.9 Å². The monoisotopic (exact) mass is 558 g/mol. The van der Waals surface area contributed by atoms with Crippen molar-refractivity contribution in [2.45, 2.75) is 38.6 Å². The number of hydrogen-bond donors (Lipinski definition) is 1. The van der Waals surface area contributed by atoms with Crippen molar-refractivity contribution in [3.05, 3.63) is 105 Å². The first kappa shape index (κ1) is 27.1. The number of imide groups is 1. The molecule has 1 saturated heterocycles. The molecule has 1 unspecified atom stereocenters. The molecule has 3 aromatic carbocycles. The molecule has 0 saturated carbocycles.